The second-order valence-electron chi connectivity index (χ2n) is 16.4. The highest BCUT2D eigenvalue weighted by Gasteiger charge is 2.71. The highest BCUT2D eigenvalue weighted by atomic mass is 31.1. The summed E-state index contributed by atoms with van der Waals surface area (Å²) in [6.45, 7) is 19.5. The third-order valence-corrected chi connectivity index (χ3v) is 17.6. The second kappa shape index (κ2) is 12.5. The largest absolute Gasteiger partial charge is 0.496 e. The Labute approximate surface area is 301 Å². The van der Waals surface area contributed by atoms with Crippen LogP contribution in [0.3, 0.4) is 0 Å². The Morgan fingerprint density at radius 3 is 1.56 bits per heavy atom. The molecular formula is C41H54O7P2. The van der Waals surface area contributed by atoms with Crippen molar-refractivity contribution in [2.24, 2.45) is 0 Å². The maximum Gasteiger partial charge on any atom is 0.173 e. The van der Waals surface area contributed by atoms with E-state index in [1.807, 2.05) is 18.2 Å². The van der Waals surface area contributed by atoms with E-state index in [9.17, 15) is 0 Å². The molecule has 3 aromatic rings. The molecule has 270 valence electrons. The third kappa shape index (κ3) is 6.23. The van der Waals surface area contributed by atoms with E-state index in [4.69, 9.17) is 33.2 Å². The fourth-order valence-electron chi connectivity index (χ4n) is 10.4. The van der Waals surface area contributed by atoms with E-state index in [1.54, 1.807) is 14.2 Å². The van der Waals surface area contributed by atoms with Gasteiger partial charge in [0.2, 0.25) is 0 Å². The van der Waals surface area contributed by atoms with E-state index in [1.165, 1.54) is 16.2 Å². The Balaban J connectivity index is 0.000000169. The first kappa shape index (κ1) is 36.3. The minimum atomic E-state index is -0.553. The zero-order chi connectivity index (χ0) is 35.8. The number of ether oxygens (including phenoxy) is 7. The molecule has 6 fully saturated rings. The van der Waals surface area contributed by atoms with Crippen molar-refractivity contribution in [2.75, 3.05) is 27.4 Å². The lowest BCUT2D eigenvalue weighted by Gasteiger charge is -2.69. The molecule has 6 aliphatic rings. The van der Waals surface area contributed by atoms with Gasteiger partial charge in [0.1, 0.15) is 11.5 Å². The molecule has 0 N–H and O–H groups in total. The molecule has 6 saturated heterocycles. The van der Waals surface area contributed by atoms with Crippen molar-refractivity contribution in [3.8, 4) is 22.6 Å². The number of methoxy groups -OCH3 is 2. The van der Waals surface area contributed by atoms with Gasteiger partial charge in [0, 0.05) is 25.7 Å². The van der Waals surface area contributed by atoms with Crippen LogP contribution in [0.25, 0.3) is 11.1 Å². The van der Waals surface area contributed by atoms with Gasteiger partial charge in [0.15, 0.2) is 17.4 Å². The Morgan fingerprint density at radius 2 is 1.04 bits per heavy atom. The van der Waals surface area contributed by atoms with Crippen LogP contribution in [0.2, 0.25) is 0 Å². The van der Waals surface area contributed by atoms with Crippen LogP contribution < -0.4 is 20.1 Å². The molecule has 50 heavy (non-hydrogen) atoms. The molecule has 7 nitrogen and oxygen atoms in total. The molecule has 0 amide bonds. The molecule has 6 heterocycles. The fraction of sp³-hybridized carbons (Fsp3) is 0.561. The maximum atomic E-state index is 6.42. The molecule has 6 aliphatic heterocycles. The van der Waals surface area contributed by atoms with E-state index in [2.05, 4.69) is 110 Å². The number of hydrogen-bond donors (Lipinski definition) is 0. The molecule has 4 atom stereocenters. The van der Waals surface area contributed by atoms with Gasteiger partial charge in [-0.2, -0.15) is 0 Å². The molecule has 9 heteroatoms. The molecule has 4 unspecified atom stereocenters. The number of hydrogen-bond acceptors (Lipinski definition) is 7. The van der Waals surface area contributed by atoms with Crippen LogP contribution in [0.15, 0.2) is 72.8 Å². The summed E-state index contributed by atoms with van der Waals surface area (Å²) in [4.78, 5) is 0. The molecular weight excluding hydrogens is 666 g/mol. The van der Waals surface area contributed by atoms with Crippen LogP contribution in [0, 0.1) is 0 Å². The highest BCUT2D eigenvalue weighted by molar-refractivity contribution is 7.69. The summed E-state index contributed by atoms with van der Waals surface area (Å²) in [7, 11) is 2.34. The van der Waals surface area contributed by atoms with Gasteiger partial charge in [0.05, 0.1) is 43.7 Å². The summed E-state index contributed by atoms with van der Waals surface area (Å²) < 4.78 is 42.8. The van der Waals surface area contributed by atoms with Crippen molar-refractivity contribution in [1.82, 2.24) is 0 Å². The topological polar surface area (TPSA) is 64.6 Å². The minimum absolute atomic E-state index is 0.0484. The molecule has 0 radical (unpaired) electrons. The Morgan fingerprint density at radius 1 is 0.540 bits per heavy atom. The van der Waals surface area contributed by atoms with Gasteiger partial charge in [0.25, 0.3) is 0 Å². The first-order valence-electron chi connectivity index (χ1n) is 17.8. The van der Waals surface area contributed by atoms with E-state index in [0.29, 0.717) is 13.2 Å². The molecule has 4 bridgehead atoms. The zero-order valence-corrected chi connectivity index (χ0v) is 33.2. The normalized spacial score (nSPS) is 34.6. The number of rotatable bonds is 5. The predicted molar refractivity (Wildman–Crippen MR) is 203 cm³/mol. The van der Waals surface area contributed by atoms with Gasteiger partial charge < -0.3 is 33.2 Å². The summed E-state index contributed by atoms with van der Waals surface area (Å²) in [6.07, 6.45) is 3.41. The molecule has 9 rings (SSSR count). The smallest absolute Gasteiger partial charge is 0.173 e. The maximum absolute atomic E-state index is 6.42. The van der Waals surface area contributed by atoms with Crippen molar-refractivity contribution >= 4 is 26.5 Å². The van der Waals surface area contributed by atoms with Gasteiger partial charge in [-0.05, 0) is 74.2 Å². The standard InChI is InChI=1S/C25H33O4P.C16H21O3P/c1-23(2)16-25(28-14-15-29-25)17-24(3,4)30(23)21-13-8-7-10-18(21)22-19(26-5)11-9-12-20(22)27-6;1-13-10-15(3)19-14(2,17-13)11-16(4,18-13)20(15)12-8-6-5-7-9-12/h7-13H,14-17H2,1-6H3;5-9H,10-11H2,1-4H3. The van der Waals surface area contributed by atoms with Gasteiger partial charge in [-0.25, -0.2) is 0 Å². The van der Waals surface area contributed by atoms with Crippen molar-refractivity contribution in [3.05, 3.63) is 72.8 Å². The van der Waals surface area contributed by atoms with Gasteiger partial charge in [-0.1, -0.05) is 96.3 Å². The van der Waals surface area contributed by atoms with Crippen LogP contribution in [-0.2, 0) is 23.7 Å². The van der Waals surface area contributed by atoms with Crippen LogP contribution in [-0.4, -0.2) is 65.8 Å². The van der Waals surface area contributed by atoms with Gasteiger partial charge >= 0.3 is 0 Å². The quantitative estimate of drug-likeness (QED) is 0.244. The van der Waals surface area contributed by atoms with E-state index < -0.39 is 33.2 Å². The molecule has 0 aliphatic carbocycles. The highest BCUT2D eigenvalue weighted by Crippen LogP contribution is 2.75. The summed E-state index contributed by atoms with van der Waals surface area (Å²) in [5, 5.41) is 2.49. The van der Waals surface area contributed by atoms with Gasteiger partial charge in [-0.3, -0.25) is 0 Å². The van der Waals surface area contributed by atoms with Crippen molar-refractivity contribution in [1.29, 1.82) is 0 Å². The van der Waals surface area contributed by atoms with Crippen LogP contribution in [0.5, 0.6) is 11.5 Å². The Hall–Kier alpha value is -2.08. The van der Waals surface area contributed by atoms with Crippen LogP contribution in [0.4, 0.5) is 0 Å². The zero-order valence-electron chi connectivity index (χ0n) is 31.4. The fourth-order valence-corrected chi connectivity index (χ4v) is 18.8. The SMILES string of the molecule is CC12CC3(C)OC(C)(CC(C)(O1)P3c1ccccc1)O2.COc1cccc(OC)c1-c1ccccc1P1C(C)(C)CC2(CC1(C)C)OCCO2. The second-order valence-corrected chi connectivity index (χ2v) is 23.1. The van der Waals surface area contributed by atoms with Crippen molar-refractivity contribution < 1.29 is 33.2 Å². The summed E-state index contributed by atoms with van der Waals surface area (Å²) in [6, 6.07) is 25.5. The minimum Gasteiger partial charge on any atom is -0.496 e. The van der Waals surface area contributed by atoms with Gasteiger partial charge in [-0.15, -0.1) is 0 Å². The molecule has 1 spiro atoms. The molecule has 3 aromatic carbocycles. The average Bonchev–Trinajstić information content (AvgIpc) is 3.44. The van der Waals surface area contributed by atoms with E-state index >= 15 is 0 Å². The lowest BCUT2D eigenvalue weighted by atomic mass is 9.91. The van der Waals surface area contributed by atoms with Crippen molar-refractivity contribution in [2.45, 2.75) is 119 Å². The molecule has 0 aromatic heterocycles. The van der Waals surface area contributed by atoms with Crippen LogP contribution in [0.1, 0.15) is 81.1 Å². The summed E-state index contributed by atoms with van der Waals surface area (Å²) in [5.41, 5.74) is 2.23. The third-order valence-electron chi connectivity index (χ3n) is 10.8. The first-order valence-corrected chi connectivity index (χ1v) is 20.5. The average molecular weight is 721 g/mol. The predicted octanol–water partition coefficient (Wildman–Crippen LogP) is 9.10. The first-order chi connectivity index (χ1) is 23.5. The monoisotopic (exact) mass is 720 g/mol. The van der Waals surface area contributed by atoms with E-state index in [0.717, 1.165) is 42.7 Å². The number of benzene rings is 3. The molecule has 0 saturated carbocycles. The van der Waals surface area contributed by atoms with E-state index in [-0.39, 0.29) is 21.0 Å². The lowest BCUT2D eigenvalue weighted by Crippen LogP contribution is -2.72. The van der Waals surface area contributed by atoms with Crippen LogP contribution >= 0.6 is 15.8 Å². The lowest BCUT2D eigenvalue weighted by molar-refractivity contribution is -0.467. The Bertz CT molecular complexity index is 1630. The van der Waals surface area contributed by atoms with Crippen molar-refractivity contribution in [3.63, 3.8) is 0 Å². The Kier molecular flexibility index (Phi) is 9.08. The summed E-state index contributed by atoms with van der Waals surface area (Å²) >= 11 is 0. The summed E-state index contributed by atoms with van der Waals surface area (Å²) in [5.74, 6) is 0.208.